The molecule has 0 unspecified atom stereocenters. The minimum Gasteiger partial charge on any atom is -0.279 e. The Balaban J connectivity index is 3.09. The molecule has 0 fully saturated rings. The van der Waals surface area contributed by atoms with E-state index in [4.69, 9.17) is 5.14 Å². The summed E-state index contributed by atoms with van der Waals surface area (Å²) in [5.74, 6) is 0. The van der Waals surface area contributed by atoms with E-state index in [-0.39, 0.29) is 4.90 Å². The van der Waals surface area contributed by atoms with Crippen LogP contribution in [-0.4, -0.2) is 15.5 Å². The summed E-state index contributed by atoms with van der Waals surface area (Å²) < 4.78 is 22.1. The lowest BCUT2D eigenvalue weighted by Crippen LogP contribution is -2.13. The number of nitrogens with one attached hydrogen (secondary N) is 1. The fourth-order valence-corrected chi connectivity index (χ4v) is 1.60. The third-order valence-electron chi connectivity index (χ3n) is 1.74. The van der Waals surface area contributed by atoms with Crippen molar-refractivity contribution in [3.63, 3.8) is 0 Å². The highest BCUT2D eigenvalue weighted by atomic mass is 32.2. The molecule has 0 heterocycles. The van der Waals surface area contributed by atoms with Gasteiger partial charge in [-0.15, -0.1) is 0 Å². The van der Waals surface area contributed by atoms with Crippen LogP contribution in [0.5, 0.6) is 0 Å². The number of benzene rings is 1. The van der Waals surface area contributed by atoms with Gasteiger partial charge in [0.05, 0.1) is 17.7 Å². The Bertz CT molecular complexity index is 468. The molecule has 0 bridgehead atoms. The summed E-state index contributed by atoms with van der Waals surface area (Å²) in [6, 6.07) is 6.11. The molecule has 1 aromatic carbocycles. The first kappa shape index (κ1) is 11.7. The lowest BCUT2D eigenvalue weighted by atomic mass is 10.2. The van der Waals surface area contributed by atoms with E-state index in [1.54, 1.807) is 12.1 Å². The number of nitrogens with two attached hydrogens (primary N) is 1. The van der Waals surface area contributed by atoms with Crippen LogP contribution in [-0.2, 0) is 14.9 Å². The highest BCUT2D eigenvalue weighted by Crippen LogP contribution is 2.14. The van der Waals surface area contributed by atoms with Crippen molar-refractivity contribution in [2.45, 2.75) is 4.90 Å². The van der Waals surface area contributed by atoms with E-state index >= 15 is 0 Å². The molecule has 5 nitrogen and oxygen atoms in total. The van der Waals surface area contributed by atoms with Crippen LogP contribution >= 0.6 is 0 Å². The van der Waals surface area contributed by atoms with Gasteiger partial charge in [-0.1, -0.05) is 18.7 Å². The van der Waals surface area contributed by atoms with Gasteiger partial charge in [-0.25, -0.2) is 13.6 Å². The van der Waals surface area contributed by atoms with Crippen molar-refractivity contribution in [3.8, 4) is 0 Å². The Morgan fingerprint density at radius 3 is 2.73 bits per heavy atom. The third-order valence-corrected chi connectivity index (χ3v) is 2.65. The quantitative estimate of drug-likeness (QED) is 0.733. The maximum atomic E-state index is 11.1. The molecule has 0 atom stereocenters. The molecule has 0 amide bonds. The second-order valence-corrected chi connectivity index (χ2v) is 4.42. The van der Waals surface area contributed by atoms with E-state index in [1.165, 1.54) is 19.2 Å². The number of rotatable bonds is 4. The van der Waals surface area contributed by atoms with Crippen LogP contribution in [0.1, 0.15) is 5.56 Å². The maximum absolute atomic E-state index is 11.1. The van der Waals surface area contributed by atoms with Crippen molar-refractivity contribution in [1.29, 1.82) is 0 Å². The van der Waals surface area contributed by atoms with Gasteiger partial charge in [-0.05, 0) is 12.1 Å². The van der Waals surface area contributed by atoms with Gasteiger partial charge in [0.25, 0.3) is 0 Å². The molecular weight excluding hydrogens is 216 g/mol. The summed E-state index contributed by atoms with van der Waals surface area (Å²) in [5, 5.41) is 4.99. The van der Waals surface area contributed by atoms with Gasteiger partial charge in [0.2, 0.25) is 10.0 Å². The third kappa shape index (κ3) is 3.05. The summed E-state index contributed by atoms with van der Waals surface area (Å²) in [7, 11) is -2.24. The van der Waals surface area contributed by atoms with Crippen molar-refractivity contribution in [2.75, 3.05) is 7.11 Å². The molecule has 15 heavy (non-hydrogen) atoms. The molecule has 0 aliphatic heterocycles. The molecule has 82 valence electrons. The first-order valence-corrected chi connectivity index (χ1v) is 5.61. The largest absolute Gasteiger partial charge is 0.279 e. The molecular formula is C9H12N2O3S. The minimum atomic E-state index is -3.68. The number of hydrogen-bond acceptors (Lipinski definition) is 4. The summed E-state index contributed by atoms with van der Waals surface area (Å²) in [6.07, 6.45) is 0. The molecule has 1 rings (SSSR count). The zero-order valence-electron chi connectivity index (χ0n) is 8.23. The molecule has 0 aromatic heterocycles. The number of sulfonamides is 1. The lowest BCUT2D eigenvalue weighted by Gasteiger charge is -2.07. The SMILES string of the molecule is C=C(NOC)c1cccc(S(N)(=O)=O)c1. The van der Waals surface area contributed by atoms with E-state index in [2.05, 4.69) is 16.9 Å². The highest BCUT2D eigenvalue weighted by molar-refractivity contribution is 7.89. The summed E-state index contributed by atoms with van der Waals surface area (Å²) in [5.41, 5.74) is 3.57. The van der Waals surface area contributed by atoms with Gasteiger partial charge < -0.3 is 0 Å². The van der Waals surface area contributed by atoms with Crippen molar-refractivity contribution in [1.82, 2.24) is 5.48 Å². The van der Waals surface area contributed by atoms with Crippen LogP contribution in [0.15, 0.2) is 35.7 Å². The lowest BCUT2D eigenvalue weighted by molar-refractivity contribution is 0.137. The first-order valence-electron chi connectivity index (χ1n) is 4.06. The fourth-order valence-electron chi connectivity index (χ4n) is 1.04. The van der Waals surface area contributed by atoms with Gasteiger partial charge in [0.1, 0.15) is 0 Å². The zero-order chi connectivity index (χ0) is 11.5. The van der Waals surface area contributed by atoms with Crippen molar-refractivity contribution in [3.05, 3.63) is 36.4 Å². The zero-order valence-corrected chi connectivity index (χ0v) is 9.04. The van der Waals surface area contributed by atoms with Gasteiger partial charge in [-0.2, -0.15) is 0 Å². The van der Waals surface area contributed by atoms with Crippen molar-refractivity contribution >= 4 is 15.7 Å². The molecule has 0 spiro atoms. The Morgan fingerprint density at radius 2 is 2.20 bits per heavy atom. The van der Waals surface area contributed by atoms with E-state index in [9.17, 15) is 8.42 Å². The Hall–Kier alpha value is -1.37. The normalized spacial score (nSPS) is 11.1. The predicted octanol–water partition coefficient (Wildman–Crippen LogP) is 0.456. The average molecular weight is 228 g/mol. The van der Waals surface area contributed by atoms with E-state index in [0.29, 0.717) is 11.3 Å². The van der Waals surface area contributed by atoms with Crippen molar-refractivity contribution < 1.29 is 13.3 Å². The smallest absolute Gasteiger partial charge is 0.238 e. The number of hydroxylamine groups is 1. The second kappa shape index (κ2) is 4.43. The second-order valence-electron chi connectivity index (χ2n) is 2.86. The fraction of sp³-hybridized carbons (Fsp3) is 0.111. The van der Waals surface area contributed by atoms with Crippen LogP contribution < -0.4 is 10.6 Å². The molecule has 0 aliphatic carbocycles. The number of hydrogen-bond donors (Lipinski definition) is 2. The summed E-state index contributed by atoms with van der Waals surface area (Å²) in [6.45, 7) is 3.67. The minimum absolute atomic E-state index is 0.0408. The standard InChI is InChI=1S/C9H12N2O3S/c1-7(11-14-2)8-4-3-5-9(6-8)15(10,12)13/h3-6,11H,1H2,2H3,(H2,10,12,13). The molecule has 6 heteroatoms. The van der Waals surface area contributed by atoms with Crippen LogP contribution in [0.2, 0.25) is 0 Å². The first-order chi connectivity index (χ1) is 6.95. The molecule has 0 radical (unpaired) electrons. The highest BCUT2D eigenvalue weighted by Gasteiger charge is 2.08. The van der Waals surface area contributed by atoms with Gasteiger partial charge in [-0.3, -0.25) is 10.3 Å². The summed E-state index contributed by atoms with van der Waals surface area (Å²) in [4.78, 5) is 4.69. The monoisotopic (exact) mass is 228 g/mol. The van der Waals surface area contributed by atoms with Crippen LogP contribution in [0, 0.1) is 0 Å². The Morgan fingerprint density at radius 1 is 1.53 bits per heavy atom. The topological polar surface area (TPSA) is 81.4 Å². The van der Waals surface area contributed by atoms with Gasteiger partial charge in [0.15, 0.2) is 0 Å². The van der Waals surface area contributed by atoms with E-state index < -0.39 is 10.0 Å². The Labute approximate surface area is 88.6 Å². The summed E-state index contributed by atoms with van der Waals surface area (Å²) >= 11 is 0. The predicted molar refractivity (Wildman–Crippen MR) is 57.0 cm³/mol. The Kier molecular flexibility index (Phi) is 3.46. The molecule has 1 aromatic rings. The average Bonchev–Trinajstić information content (AvgIpc) is 2.17. The molecule has 3 N–H and O–H groups in total. The maximum Gasteiger partial charge on any atom is 0.238 e. The van der Waals surface area contributed by atoms with Gasteiger partial charge >= 0.3 is 0 Å². The van der Waals surface area contributed by atoms with Crippen LogP contribution in [0.4, 0.5) is 0 Å². The van der Waals surface area contributed by atoms with Gasteiger partial charge in [0, 0.05) is 5.56 Å². The molecule has 0 aliphatic rings. The van der Waals surface area contributed by atoms with E-state index in [0.717, 1.165) is 0 Å². The molecule has 0 saturated carbocycles. The molecule has 0 saturated heterocycles. The van der Waals surface area contributed by atoms with Crippen LogP contribution in [0.25, 0.3) is 5.70 Å². The van der Waals surface area contributed by atoms with Crippen molar-refractivity contribution in [2.24, 2.45) is 5.14 Å². The number of primary sulfonamides is 1. The van der Waals surface area contributed by atoms with E-state index in [1.807, 2.05) is 0 Å². The van der Waals surface area contributed by atoms with Crippen LogP contribution in [0.3, 0.4) is 0 Å².